The molecule has 1 saturated heterocycles. The number of halogens is 2. The van der Waals surface area contributed by atoms with Crippen molar-refractivity contribution < 1.29 is 4.74 Å². The van der Waals surface area contributed by atoms with Gasteiger partial charge in [-0.05, 0) is 44.0 Å². The van der Waals surface area contributed by atoms with E-state index in [1.54, 1.807) is 18.2 Å². The fourth-order valence-electron chi connectivity index (χ4n) is 3.85. The molecule has 2 aliphatic heterocycles. The Bertz CT molecular complexity index is 728. The van der Waals surface area contributed by atoms with Crippen LogP contribution in [0.1, 0.15) is 36.8 Å². The van der Waals surface area contributed by atoms with E-state index in [0.29, 0.717) is 22.6 Å². The summed E-state index contributed by atoms with van der Waals surface area (Å²) in [7, 11) is 0. The number of hydrogen-bond acceptors (Lipinski definition) is 4. The van der Waals surface area contributed by atoms with E-state index in [-0.39, 0.29) is 0 Å². The molecule has 1 aromatic carbocycles. The second kappa shape index (κ2) is 7.52. The van der Waals surface area contributed by atoms with Gasteiger partial charge in [0.25, 0.3) is 0 Å². The lowest BCUT2D eigenvalue weighted by Gasteiger charge is -2.32. The highest BCUT2D eigenvalue weighted by atomic mass is 35.5. The summed E-state index contributed by atoms with van der Waals surface area (Å²) in [6.45, 7) is 4.73. The molecule has 0 spiro atoms. The topological polar surface area (TPSA) is 43.2 Å². The van der Waals surface area contributed by atoms with Crippen LogP contribution in [0.5, 0.6) is 5.75 Å². The van der Waals surface area contributed by atoms with E-state index >= 15 is 0 Å². The van der Waals surface area contributed by atoms with E-state index in [9.17, 15) is 0 Å². The Morgan fingerprint density at radius 2 is 1.92 bits per heavy atom. The van der Waals surface area contributed by atoms with Gasteiger partial charge >= 0.3 is 0 Å². The summed E-state index contributed by atoms with van der Waals surface area (Å²) in [5, 5.41) is 10.0. The molecule has 1 fully saturated rings. The highest BCUT2D eigenvalue weighted by molar-refractivity contribution is 6.34. The van der Waals surface area contributed by atoms with Crippen molar-refractivity contribution in [1.82, 2.24) is 19.7 Å². The minimum Gasteiger partial charge on any atom is -0.492 e. The molecular formula is C18H22Cl2N4O. The van der Waals surface area contributed by atoms with Gasteiger partial charge in [-0.3, -0.25) is 4.90 Å². The molecule has 1 unspecified atom stereocenters. The van der Waals surface area contributed by atoms with Crippen LogP contribution < -0.4 is 4.74 Å². The third kappa shape index (κ3) is 3.94. The van der Waals surface area contributed by atoms with Crippen molar-refractivity contribution in [2.75, 3.05) is 26.2 Å². The molecule has 2 aliphatic rings. The first-order valence-electron chi connectivity index (χ1n) is 8.92. The number of aromatic nitrogens is 3. The van der Waals surface area contributed by atoms with Crippen molar-refractivity contribution in [2.24, 2.45) is 0 Å². The summed E-state index contributed by atoms with van der Waals surface area (Å²) in [5.41, 5.74) is 0. The molecule has 1 atom stereocenters. The zero-order valence-corrected chi connectivity index (χ0v) is 15.6. The van der Waals surface area contributed by atoms with E-state index in [1.165, 1.54) is 25.1 Å². The van der Waals surface area contributed by atoms with Crippen molar-refractivity contribution in [3.05, 3.63) is 39.9 Å². The Morgan fingerprint density at radius 3 is 2.76 bits per heavy atom. The standard InChI is InChI=1S/C18H22Cl2N4O/c19-14-9-15(20)11-16(10-14)25-8-7-23-5-1-3-13(12-23)18-22-21-17-4-2-6-24(17)18/h9-11,13H,1-8,12H2. The lowest BCUT2D eigenvalue weighted by Crippen LogP contribution is -2.37. The van der Waals surface area contributed by atoms with E-state index in [4.69, 9.17) is 27.9 Å². The molecule has 2 aromatic rings. The van der Waals surface area contributed by atoms with Crippen LogP contribution in [0.2, 0.25) is 10.0 Å². The van der Waals surface area contributed by atoms with Crippen LogP contribution >= 0.6 is 23.2 Å². The number of likely N-dealkylation sites (tertiary alicyclic amines) is 1. The highest BCUT2D eigenvalue weighted by Gasteiger charge is 2.28. The number of hydrogen-bond donors (Lipinski definition) is 0. The monoisotopic (exact) mass is 380 g/mol. The number of benzene rings is 1. The molecular weight excluding hydrogens is 359 g/mol. The summed E-state index contributed by atoms with van der Waals surface area (Å²) in [6.07, 6.45) is 4.65. The average molecular weight is 381 g/mol. The van der Waals surface area contributed by atoms with Gasteiger partial charge in [0.15, 0.2) is 0 Å². The van der Waals surface area contributed by atoms with Crippen LogP contribution in [0.25, 0.3) is 0 Å². The van der Waals surface area contributed by atoms with E-state index in [2.05, 4.69) is 19.7 Å². The SMILES string of the molecule is Clc1cc(Cl)cc(OCCN2CCCC(c3nnc4n3CCC4)C2)c1. The van der Waals surface area contributed by atoms with Crippen LogP contribution in [-0.4, -0.2) is 45.9 Å². The second-order valence-corrected chi connectivity index (χ2v) is 7.70. The van der Waals surface area contributed by atoms with Gasteiger partial charge in [0.1, 0.15) is 24.0 Å². The molecule has 0 radical (unpaired) electrons. The van der Waals surface area contributed by atoms with Gasteiger partial charge in [-0.15, -0.1) is 10.2 Å². The lowest BCUT2D eigenvalue weighted by atomic mass is 9.97. The molecule has 25 heavy (non-hydrogen) atoms. The Hall–Kier alpha value is -1.30. The number of rotatable bonds is 5. The molecule has 3 heterocycles. The van der Waals surface area contributed by atoms with Gasteiger partial charge in [0, 0.05) is 42.0 Å². The molecule has 4 rings (SSSR count). The molecule has 0 N–H and O–H groups in total. The number of aryl methyl sites for hydroxylation is 1. The molecule has 1 aromatic heterocycles. The highest BCUT2D eigenvalue weighted by Crippen LogP contribution is 2.28. The molecule has 5 nitrogen and oxygen atoms in total. The zero-order valence-electron chi connectivity index (χ0n) is 14.1. The van der Waals surface area contributed by atoms with Crippen LogP contribution in [0, 0.1) is 0 Å². The number of piperidine rings is 1. The fourth-order valence-corrected chi connectivity index (χ4v) is 4.35. The van der Waals surface area contributed by atoms with E-state index in [1.807, 2.05) is 0 Å². The Labute approximate surface area is 157 Å². The quantitative estimate of drug-likeness (QED) is 0.791. The minimum absolute atomic E-state index is 0.480. The Balaban J connectivity index is 1.32. The summed E-state index contributed by atoms with van der Waals surface area (Å²) >= 11 is 12.0. The van der Waals surface area contributed by atoms with Gasteiger partial charge < -0.3 is 9.30 Å². The van der Waals surface area contributed by atoms with Crippen molar-refractivity contribution in [1.29, 1.82) is 0 Å². The summed E-state index contributed by atoms with van der Waals surface area (Å²) in [5.74, 6) is 3.54. The van der Waals surface area contributed by atoms with Gasteiger partial charge in [0.2, 0.25) is 0 Å². The Kier molecular flexibility index (Phi) is 5.15. The molecule has 7 heteroatoms. The fraction of sp³-hybridized carbons (Fsp3) is 0.556. The van der Waals surface area contributed by atoms with Crippen LogP contribution in [0.15, 0.2) is 18.2 Å². The normalized spacial score (nSPS) is 20.6. The minimum atomic E-state index is 0.480. The smallest absolute Gasteiger partial charge is 0.137 e. The first-order chi connectivity index (χ1) is 12.2. The van der Waals surface area contributed by atoms with Crippen LogP contribution in [0.4, 0.5) is 0 Å². The maximum atomic E-state index is 6.01. The number of nitrogens with zero attached hydrogens (tertiary/aromatic N) is 4. The van der Waals surface area contributed by atoms with Gasteiger partial charge in [0.05, 0.1) is 0 Å². The lowest BCUT2D eigenvalue weighted by molar-refractivity contribution is 0.166. The van der Waals surface area contributed by atoms with Crippen LogP contribution in [0.3, 0.4) is 0 Å². The molecule has 0 bridgehead atoms. The van der Waals surface area contributed by atoms with E-state index in [0.717, 1.165) is 44.2 Å². The average Bonchev–Trinajstić information content (AvgIpc) is 3.17. The molecule has 0 aliphatic carbocycles. The summed E-state index contributed by atoms with van der Waals surface area (Å²) in [4.78, 5) is 2.46. The summed E-state index contributed by atoms with van der Waals surface area (Å²) < 4.78 is 8.16. The van der Waals surface area contributed by atoms with Crippen molar-refractivity contribution >= 4 is 23.2 Å². The molecule has 0 amide bonds. The van der Waals surface area contributed by atoms with Gasteiger partial charge in [-0.1, -0.05) is 23.2 Å². The summed E-state index contributed by atoms with van der Waals surface area (Å²) in [6, 6.07) is 5.31. The third-order valence-corrected chi connectivity index (χ3v) is 5.46. The first-order valence-corrected chi connectivity index (χ1v) is 9.68. The Morgan fingerprint density at radius 1 is 1.08 bits per heavy atom. The molecule has 0 saturated carbocycles. The van der Waals surface area contributed by atoms with Crippen molar-refractivity contribution in [3.8, 4) is 5.75 Å². The van der Waals surface area contributed by atoms with Crippen LogP contribution in [-0.2, 0) is 13.0 Å². The largest absolute Gasteiger partial charge is 0.492 e. The van der Waals surface area contributed by atoms with Gasteiger partial charge in [-0.25, -0.2) is 0 Å². The number of fused-ring (bicyclic) bond motifs is 1. The second-order valence-electron chi connectivity index (χ2n) is 6.82. The predicted octanol–water partition coefficient (Wildman–Crippen LogP) is 3.79. The van der Waals surface area contributed by atoms with Crippen molar-refractivity contribution in [2.45, 2.75) is 38.1 Å². The maximum absolute atomic E-state index is 6.01. The third-order valence-electron chi connectivity index (χ3n) is 5.02. The number of ether oxygens (including phenoxy) is 1. The molecule has 134 valence electrons. The first kappa shape index (κ1) is 17.1. The predicted molar refractivity (Wildman–Crippen MR) is 98.7 cm³/mol. The zero-order chi connectivity index (χ0) is 17.2. The van der Waals surface area contributed by atoms with Crippen molar-refractivity contribution in [3.63, 3.8) is 0 Å². The van der Waals surface area contributed by atoms with E-state index < -0.39 is 0 Å². The van der Waals surface area contributed by atoms with Gasteiger partial charge in [-0.2, -0.15) is 0 Å². The maximum Gasteiger partial charge on any atom is 0.137 e.